The topological polar surface area (TPSA) is 45.2 Å². The van der Waals surface area contributed by atoms with Crippen LogP contribution in [0.15, 0.2) is 30.3 Å². The van der Waals surface area contributed by atoms with E-state index in [4.69, 9.17) is 0 Å². The molecule has 0 atom stereocenters. The second kappa shape index (κ2) is 7.94. The smallest absolute Gasteiger partial charge is 0.263 e. The normalized spacial score (nSPS) is 10.5. The molecule has 0 aliphatic heterocycles. The highest BCUT2D eigenvalue weighted by molar-refractivity contribution is 7.13. The fraction of sp³-hybridized carbons (Fsp3) is 0.412. The molecule has 1 aromatic carbocycles. The lowest BCUT2D eigenvalue weighted by molar-refractivity contribution is 0.0956. The van der Waals surface area contributed by atoms with Gasteiger partial charge in [0.1, 0.15) is 4.88 Å². The maximum Gasteiger partial charge on any atom is 0.263 e. The summed E-state index contributed by atoms with van der Waals surface area (Å²) >= 11 is 1.47. The highest BCUT2D eigenvalue weighted by Crippen LogP contribution is 2.18. The highest BCUT2D eigenvalue weighted by atomic mass is 32.1. The van der Waals surface area contributed by atoms with Gasteiger partial charge in [0.05, 0.1) is 10.7 Å². The van der Waals surface area contributed by atoms with E-state index in [9.17, 15) is 4.79 Å². The van der Waals surface area contributed by atoms with Crippen LogP contribution in [0, 0.1) is 6.92 Å². The molecular formula is C17H23N3OS. The molecule has 0 aliphatic carbocycles. The second-order valence-corrected chi connectivity index (χ2v) is 6.43. The minimum Gasteiger partial charge on any atom is -0.375 e. The largest absolute Gasteiger partial charge is 0.375 e. The molecule has 0 radical (unpaired) electrons. The molecule has 2 aromatic rings. The third kappa shape index (κ3) is 4.31. The van der Waals surface area contributed by atoms with Crippen LogP contribution in [0.5, 0.6) is 0 Å². The van der Waals surface area contributed by atoms with E-state index in [-0.39, 0.29) is 5.91 Å². The molecule has 0 spiro atoms. The third-order valence-corrected chi connectivity index (χ3v) is 4.51. The first-order chi connectivity index (χ1) is 10.6. The number of carbonyl (C=O) groups is 1. The number of nitrogens with zero attached hydrogens (tertiary/aromatic N) is 2. The Morgan fingerprint density at radius 3 is 2.73 bits per heavy atom. The second-order valence-electron chi connectivity index (χ2n) is 5.23. The standard InChI is InChI=1S/C17H23N3OS/c1-4-15-16(22-13(2)19-15)17(21)18-11-8-12-20(3)14-9-6-5-7-10-14/h5-7,9-10H,4,8,11-12H2,1-3H3,(H,18,21). The Kier molecular flexibility index (Phi) is 5.95. The number of thiazole rings is 1. The van der Waals surface area contributed by atoms with Gasteiger partial charge in [0.15, 0.2) is 0 Å². The van der Waals surface area contributed by atoms with Crippen molar-refractivity contribution in [2.75, 3.05) is 25.0 Å². The summed E-state index contributed by atoms with van der Waals surface area (Å²) in [7, 11) is 2.07. The summed E-state index contributed by atoms with van der Waals surface area (Å²) in [6, 6.07) is 10.3. The SMILES string of the molecule is CCc1nc(C)sc1C(=O)NCCCN(C)c1ccccc1. The quantitative estimate of drug-likeness (QED) is 0.797. The molecule has 2 rings (SSSR count). The van der Waals surface area contributed by atoms with Crippen LogP contribution in [0.3, 0.4) is 0 Å². The van der Waals surface area contributed by atoms with Gasteiger partial charge in [0.25, 0.3) is 5.91 Å². The number of aryl methyl sites for hydroxylation is 2. The Balaban J connectivity index is 1.78. The molecule has 0 fully saturated rings. The summed E-state index contributed by atoms with van der Waals surface area (Å²) in [5.74, 6) is 0.00446. The molecule has 5 heteroatoms. The lowest BCUT2D eigenvalue weighted by atomic mass is 10.2. The summed E-state index contributed by atoms with van der Waals surface area (Å²) in [5, 5.41) is 3.95. The zero-order chi connectivity index (χ0) is 15.9. The van der Waals surface area contributed by atoms with Crippen LogP contribution < -0.4 is 10.2 Å². The van der Waals surface area contributed by atoms with Crippen LogP contribution >= 0.6 is 11.3 Å². The molecule has 1 amide bonds. The van der Waals surface area contributed by atoms with E-state index >= 15 is 0 Å². The first-order valence-corrected chi connectivity index (χ1v) is 8.44. The maximum atomic E-state index is 12.2. The number of benzene rings is 1. The van der Waals surface area contributed by atoms with Gasteiger partial charge in [-0.2, -0.15) is 0 Å². The van der Waals surface area contributed by atoms with Crippen LogP contribution in [0.25, 0.3) is 0 Å². The van der Waals surface area contributed by atoms with Gasteiger partial charge in [-0.3, -0.25) is 4.79 Å². The van der Waals surface area contributed by atoms with E-state index in [1.807, 2.05) is 32.0 Å². The highest BCUT2D eigenvalue weighted by Gasteiger charge is 2.14. The number of anilines is 1. The Morgan fingerprint density at radius 2 is 2.05 bits per heavy atom. The van der Waals surface area contributed by atoms with E-state index in [0.717, 1.165) is 35.0 Å². The first-order valence-electron chi connectivity index (χ1n) is 7.62. The molecule has 118 valence electrons. The van der Waals surface area contributed by atoms with Crippen LogP contribution in [0.2, 0.25) is 0 Å². The van der Waals surface area contributed by atoms with Gasteiger partial charge in [-0.15, -0.1) is 11.3 Å². The van der Waals surface area contributed by atoms with Gasteiger partial charge in [-0.25, -0.2) is 4.98 Å². The van der Waals surface area contributed by atoms with Crippen LogP contribution in [-0.4, -0.2) is 31.0 Å². The average molecular weight is 317 g/mol. The number of amides is 1. The van der Waals surface area contributed by atoms with E-state index in [2.05, 4.69) is 34.4 Å². The van der Waals surface area contributed by atoms with Crippen LogP contribution in [0.1, 0.15) is 33.7 Å². The Labute approximate surface area is 136 Å². The number of hydrogen-bond donors (Lipinski definition) is 1. The lowest BCUT2D eigenvalue weighted by Crippen LogP contribution is -2.28. The summed E-state index contributed by atoms with van der Waals surface area (Å²) in [5.41, 5.74) is 2.10. The number of nitrogens with one attached hydrogen (secondary N) is 1. The van der Waals surface area contributed by atoms with Crippen LogP contribution in [0.4, 0.5) is 5.69 Å². The van der Waals surface area contributed by atoms with Gasteiger partial charge in [-0.1, -0.05) is 25.1 Å². The number of rotatable bonds is 7. The molecule has 1 aromatic heterocycles. The lowest BCUT2D eigenvalue weighted by Gasteiger charge is -2.19. The zero-order valence-corrected chi connectivity index (χ0v) is 14.2. The Bertz CT molecular complexity index is 610. The van der Waals surface area contributed by atoms with Crippen molar-refractivity contribution in [2.45, 2.75) is 26.7 Å². The van der Waals surface area contributed by atoms with Crippen molar-refractivity contribution in [3.8, 4) is 0 Å². The molecule has 0 saturated carbocycles. The molecule has 22 heavy (non-hydrogen) atoms. The van der Waals surface area contributed by atoms with Crippen LogP contribution in [-0.2, 0) is 6.42 Å². The number of para-hydroxylation sites is 1. The predicted molar refractivity (Wildman–Crippen MR) is 92.9 cm³/mol. The number of carbonyl (C=O) groups excluding carboxylic acids is 1. The van der Waals surface area contributed by atoms with E-state index in [1.54, 1.807) is 0 Å². The monoisotopic (exact) mass is 317 g/mol. The minimum atomic E-state index is 0.00446. The van der Waals surface area contributed by atoms with E-state index in [0.29, 0.717) is 6.54 Å². The molecule has 1 N–H and O–H groups in total. The van der Waals surface area contributed by atoms with Crippen molar-refractivity contribution >= 4 is 22.9 Å². The van der Waals surface area contributed by atoms with Gasteiger partial charge in [0, 0.05) is 25.8 Å². The zero-order valence-electron chi connectivity index (χ0n) is 13.4. The van der Waals surface area contributed by atoms with Crippen molar-refractivity contribution in [3.63, 3.8) is 0 Å². The predicted octanol–water partition coefficient (Wildman–Crippen LogP) is 3.27. The summed E-state index contributed by atoms with van der Waals surface area (Å²) < 4.78 is 0. The summed E-state index contributed by atoms with van der Waals surface area (Å²) in [4.78, 5) is 19.5. The van der Waals surface area contributed by atoms with Gasteiger partial charge in [0.2, 0.25) is 0 Å². The minimum absolute atomic E-state index is 0.00446. The third-order valence-electron chi connectivity index (χ3n) is 3.50. The van der Waals surface area contributed by atoms with Gasteiger partial charge in [-0.05, 0) is 31.9 Å². The fourth-order valence-electron chi connectivity index (χ4n) is 2.30. The summed E-state index contributed by atoms with van der Waals surface area (Å²) in [6.45, 7) is 5.55. The molecular weight excluding hydrogens is 294 g/mol. The fourth-order valence-corrected chi connectivity index (χ4v) is 3.22. The first kappa shape index (κ1) is 16.5. The van der Waals surface area contributed by atoms with E-state index < -0.39 is 0 Å². The molecule has 4 nitrogen and oxygen atoms in total. The van der Waals surface area contributed by atoms with Crippen molar-refractivity contribution in [2.24, 2.45) is 0 Å². The van der Waals surface area contributed by atoms with Crippen molar-refractivity contribution in [1.29, 1.82) is 0 Å². The van der Waals surface area contributed by atoms with Crippen molar-refractivity contribution < 1.29 is 4.79 Å². The Hall–Kier alpha value is -1.88. The van der Waals surface area contributed by atoms with Gasteiger partial charge >= 0.3 is 0 Å². The number of hydrogen-bond acceptors (Lipinski definition) is 4. The summed E-state index contributed by atoms with van der Waals surface area (Å²) in [6.07, 6.45) is 1.71. The van der Waals surface area contributed by atoms with Crippen molar-refractivity contribution in [3.05, 3.63) is 45.9 Å². The molecule has 0 bridgehead atoms. The number of aromatic nitrogens is 1. The van der Waals surface area contributed by atoms with Crippen molar-refractivity contribution in [1.82, 2.24) is 10.3 Å². The molecule has 0 aliphatic rings. The average Bonchev–Trinajstić information content (AvgIpc) is 2.93. The molecule has 0 saturated heterocycles. The van der Waals surface area contributed by atoms with E-state index in [1.165, 1.54) is 17.0 Å². The Morgan fingerprint density at radius 1 is 1.32 bits per heavy atom. The molecule has 0 unspecified atom stereocenters. The molecule has 1 heterocycles. The maximum absolute atomic E-state index is 12.2. The van der Waals surface area contributed by atoms with Gasteiger partial charge < -0.3 is 10.2 Å².